The molecule has 88 valence electrons. The molecular weight excluding hydrogens is 201 g/mol. The number of alkyl halides is 1. The molecule has 0 saturated carbocycles. The highest BCUT2D eigenvalue weighted by Gasteiger charge is 2.17. The normalized spacial score (nSPS) is 13.1. The predicted molar refractivity (Wildman–Crippen MR) is 54.4 cm³/mol. The zero-order valence-corrected chi connectivity index (χ0v) is 9.38. The Kier molecular flexibility index (Phi) is 5.89. The van der Waals surface area contributed by atoms with Crippen molar-refractivity contribution in [3.63, 3.8) is 0 Å². The van der Waals surface area contributed by atoms with Gasteiger partial charge >= 0.3 is 6.09 Å². The molecule has 15 heavy (non-hydrogen) atoms. The van der Waals surface area contributed by atoms with Gasteiger partial charge in [-0.15, -0.1) is 0 Å². The number of amides is 1. The molecule has 0 fully saturated rings. The van der Waals surface area contributed by atoms with Gasteiger partial charge in [0.05, 0.1) is 6.67 Å². The van der Waals surface area contributed by atoms with Crippen LogP contribution >= 0.6 is 0 Å². The first-order valence-electron chi connectivity index (χ1n) is 4.85. The van der Waals surface area contributed by atoms with Crippen molar-refractivity contribution < 1.29 is 18.7 Å². The lowest BCUT2D eigenvalue weighted by atomic mass is 10.1. The lowest BCUT2D eigenvalue weighted by molar-refractivity contribution is -0.108. The summed E-state index contributed by atoms with van der Waals surface area (Å²) in [4.78, 5) is 21.3. The molecule has 0 spiro atoms. The molecule has 0 aliphatic heterocycles. The first-order valence-corrected chi connectivity index (χ1v) is 4.85. The fourth-order valence-electron chi connectivity index (χ4n) is 0.879. The third-order valence-electron chi connectivity index (χ3n) is 1.58. The number of halogens is 1. The van der Waals surface area contributed by atoms with E-state index in [1.54, 1.807) is 20.8 Å². The molecule has 0 aliphatic carbocycles. The van der Waals surface area contributed by atoms with Crippen LogP contribution in [0.15, 0.2) is 0 Å². The largest absolute Gasteiger partial charge is 0.444 e. The first-order chi connectivity index (χ1) is 6.89. The Morgan fingerprint density at radius 3 is 2.53 bits per heavy atom. The number of aldehydes is 1. The molecule has 0 saturated heterocycles. The summed E-state index contributed by atoms with van der Waals surface area (Å²) >= 11 is 0. The molecule has 5 heteroatoms. The maximum Gasteiger partial charge on any atom is 0.407 e. The minimum absolute atomic E-state index is 0.103. The molecule has 0 aliphatic rings. The molecule has 0 rings (SSSR count). The number of alkyl carbamates (subject to hydrolysis) is 1. The second-order valence-corrected chi connectivity index (χ2v) is 4.31. The Balaban J connectivity index is 3.83. The van der Waals surface area contributed by atoms with Gasteiger partial charge in [-0.05, 0) is 20.8 Å². The van der Waals surface area contributed by atoms with E-state index < -0.39 is 24.3 Å². The van der Waals surface area contributed by atoms with Gasteiger partial charge in [0.25, 0.3) is 0 Å². The average molecular weight is 219 g/mol. The zero-order chi connectivity index (χ0) is 11.9. The van der Waals surface area contributed by atoms with Crippen molar-refractivity contribution in [3.8, 4) is 0 Å². The second kappa shape index (κ2) is 6.37. The summed E-state index contributed by atoms with van der Waals surface area (Å²) < 4.78 is 17.2. The van der Waals surface area contributed by atoms with Gasteiger partial charge in [-0.3, -0.25) is 4.39 Å². The van der Waals surface area contributed by atoms with Crippen molar-refractivity contribution in [2.75, 3.05) is 13.2 Å². The monoisotopic (exact) mass is 219 g/mol. The van der Waals surface area contributed by atoms with Crippen molar-refractivity contribution in [3.05, 3.63) is 0 Å². The lowest BCUT2D eigenvalue weighted by Gasteiger charge is -2.20. The van der Waals surface area contributed by atoms with E-state index in [4.69, 9.17) is 4.74 Å². The Bertz CT molecular complexity index is 213. The molecule has 0 bridgehead atoms. The summed E-state index contributed by atoms with van der Waals surface area (Å²) in [5.41, 5.74) is -0.569. The van der Waals surface area contributed by atoms with E-state index in [0.717, 1.165) is 0 Å². The van der Waals surface area contributed by atoms with Crippen LogP contribution in [-0.4, -0.2) is 31.2 Å². The van der Waals surface area contributed by atoms with Crippen molar-refractivity contribution in [1.29, 1.82) is 0 Å². The van der Waals surface area contributed by atoms with E-state index in [0.29, 0.717) is 6.29 Å². The molecule has 1 amide bonds. The summed E-state index contributed by atoms with van der Waals surface area (Å²) in [6.45, 7) is 4.71. The van der Waals surface area contributed by atoms with Gasteiger partial charge < -0.3 is 14.8 Å². The van der Waals surface area contributed by atoms with Gasteiger partial charge in [-0.1, -0.05) is 0 Å². The number of ether oxygens (including phenoxy) is 1. The van der Waals surface area contributed by atoms with E-state index in [1.807, 2.05) is 0 Å². The van der Waals surface area contributed by atoms with Crippen LogP contribution in [0, 0.1) is 5.92 Å². The highest BCUT2D eigenvalue weighted by atomic mass is 19.1. The molecule has 1 unspecified atom stereocenters. The highest BCUT2D eigenvalue weighted by molar-refractivity contribution is 5.67. The van der Waals surface area contributed by atoms with Gasteiger partial charge in [0.2, 0.25) is 0 Å². The number of hydrogen-bond donors (Lipinski definition) is 1. The van der Waals surface area contributed by atoms with E-state index in [9.17, 15) is 14.0 Å². The van der Waals surface area contributed by atoms with Crippen LogP contribution in [0.2, 0.25) is 0 Å². The fraction of sp³-hybridized carbons (Fsp3) is 0.800. The third kappa shape index (κ3) is 7.90. The molecular formula is C10H18FNO3. The Morgan fingerprint density at radius 1 is 1.53 bits per heavy atom. The van der Waals surface area contributed by atoms with Gasteiger partial charge in [-0.25, -0.2) is 4.79 Å². The van der Waals surface area contributed by atoms with Crippen molar-refractivity contribution in [2.24, 2.45) is 5.92 Å². The van der Waals surface area contributed by atoms with E-state index in [1.165, 1.54) is 0 Å². The Hall–Kier alpha value is -1.13. The highest BCUT2D eigenvalue weighted by Crippen LogP contribution is 2.07. The van der Waals surface area contributed by atoms with Crippen LogP contribution < -0.4 is 5.32 Å². The van der Waals surface area contributed by atoms with Gasteiger partial charge in [0, 0.05) is 18.9 Å². The van der Waals surface area contributed by atoms with Gasteiger partial charge in [0.1, 0.15) is 11.9 Å². The number of carbonyl (C=O) groups excluding carboxylic acids is 2. The molecule has 0 radical (unpaired) electrons. The van der Waals surface area contributed by atoms with Crippen molar-refractivity contribution in [1.82, 2.24) is 5.32 Å². The number of nitrogens with one attached hydrogen (secondary N) is 1. The third-order valence-corrected chi connectivity index (χ3v) is 1.58. The lowest BCUT2D eigenvalue weighted by Crippen LogP contribution is -2.35. The van der Waals surface area contributed by atoms with Crippen LogP contribution in [0.5, 0.6) is 0 Å². The quantitative estimate of drug-likeness (QED) is 0.716. The van der Waals surface area contributed by atoms with Crippen LogP contribution in [0.25, 0.3) is 0 Å². The summed E-state index contributed by atoms with van der Waals surface area (Å²) in [5, 5.41) is 2.41. The van der Waals surface area contributed by atoms with Crippen molar-refractivity contribution in [2.45, 2.75) is 32.8 Å². The van der Waals surface area contributed by atoms with E-state index >= 15 is 0 Å². The molecule has 0 aromatic carbocycles. The smallest absolute Gasteiger partial charge is 0.407 e. The second-order valence-electron chi connectivity index (χ2n) is 4.31. The summed E-state index contributed by atoms with van der Waals surface area (Å²) in [7, 11) is 0. The molecule has 4 nitrogen and oxygen atoms in total. The van der Waals surface area contributed by atoms with Crippen molar-refractivity contribution >= 4 is 12.4 Å². The molecule has 1 N–H and O–H groups in total. The van der Waals surface area contributed by atoms with Crippen LogP contribution in [0.3, 0.4) is 0 Å². The predicted octanol–water partition coefficient (Wildman–Crippen LogP) is 1.69. The fourth-order valence-corrected chi connectivity index (χ4v) is 0.879. The molecule has 0 heterocycles. The molecule has 0 aromatic rings. The minimum Gasteiger partial charge on any atom is -0.444 e. The summed E-state index contributed by atoms with van der Waals surface area (Å²) in [6, 6.07) is 0. The number of carbonyl (C=O) groups is 2. The maximum absolute atomic E-state index is 12.3. The first kappa shape index (κ1) is 13.9. The topological polar surface area (TPSA) is 55.4 Å². The molecule has 0 aromatic heterocycles. The van der Waals surface area contributed by atoms with Gasteiger partial charge in [-0.2, -0.15) is 0 Å². The standard InChI is InChI=1S/C10H18FNO3/c1-10(2,3)15-9(14)12-7-8(6-11)4-5-13/h5,8H,4,6-7H2,1-3H3,(H,12,14). The SMILES string of the molecule is CC(C)(C)OC(=O)NCC(CF)CC=O. The van der Waals surface area contributed by atoms with Crippen LogP contribution in [-0.2, 0) is 9.53 Å². The van der Waals surface area contributed by atoms with E-state index in [2.05, 4.69) is 5.32 Å². The number of rotatable bonds is 5. The zero-order valence-electron chi connectivity index (χ0n) is 9.38. The van der Waals surface area contributed by atoms with Crippen LogP contribution in [0.4, 0.5) is 9.18 Å². The van der Waals surface area contributed by atoms with Gasteiger partial charge in [0.15, 0.2) is 0 Å². The number of hydrogen-bond acceptors (Lipinski definition) is 3. The van der Waals surface area contributed by atoms with Crippen LogP contribution in [0.1, 0.15) is 27.2 Å². The minimum atomic E-state index is -0.630. The average Bonchev–Trinajstić information content (AvgIpc) is 2.09. The Labute approximate surface area is 89.2 Å². The summed E-state index contributed by atoms with van der Waals surface area (Å²) in [5.74, 6) is -0.463. The molecule has 1 atom stereocenters. The summed E-state index contributed by atoms with van der Waals surface area (Å²) in [6.07, 6.45) is 0.152. The maximum atomic E-state index is 12.3. The van der Waals surface area contributed by atoms with E-state index in [-0.39, 0.29) is 13.0 Å². The Morgan fingerprint density at radius 2 is 2.13 bits per heavy atom.